The van der Waals surface area contributed by atoms with Gasteiger partial charge in [0.1, 0.15) is 5.75 Å². The first-order valence-electron chi connectivity index (χ1n) is 5.38. The highest BCUT2D eigenvalue weighted by Gasteiger charge is 2.29. The molecule has 4 nitrogen and oxygen atoms in total. The number of aliphatic hydroxyl groups excluding tert-OH is 1. The van der Waals surface area contributed by atoms with E-state index < -0.39 is 12.2 Å². The number of benzene rings is 1. The van der Waals surface area contributed by atoms with Gasteiger partial charge in [0.2, 0.25) is 0 Å². The first kappa shape index (κ1) is 12.2. The number of hydrogen-bond acceptors (Lipinski definition) is 4. The van der Waals surface area contributed by atoms with E-state index in [1.54, 1.807) is 25.1 Å². The molecular weight excluding hydrogens is 244 g/mol. The van der Waals surface area contributed by atoms with Crippen molar-refractivity contribution in [2.45, 2.75) is 25.6 Å². The molecule has 1 fully saturated rings. The molecule has 2 unspecified atom stereocenters. The SMILES string of the molecule is CC(O)c1cc(Cl)ccc1OC1CCOC1=O. The Morgan fingerprint density at radius 3 is 2.94 bits per heavy atom. The Kier molecular flexibility index (Phi) is 3.54. The average Bonchev–Trinajstić information content (AvgIpc) is 2.67. The summed E-state index contributed by atoms with van der Waals surface area (Å²) >= 11 is 5.85. The molecule has 1 aromatic carbocycles. The third-order valence-corrected chi connectivity index (χ3v) is 2.81. The Labute approximate surface area is 104 Å². The molecule has 0 bridgehead atoms. The highest BCUT2D eigenvalue weighted by atomic mass is 35.5. The lowest BCUT2D eigenvalue weighted by Gasteiger charge is -2.16. The van der Waals surface area contributed by atoms with E-state index in [0.29, 0.717) is 29.4 Å². The minimum absolute atomic E-state index is 0.364. The summed E-state index contributed by atoms with van der Waals surface area (Å²) in [5.41, 5.74) is 0.567. The fourth-order valence-corrected chi connectivity index (χ4v) is 1.87. The Hall–Kier alpha value is -1.26. The van der Waals surface area contributed by atoms with E-state index in [9.17, 15) is 9.90 Å². The van der Waals surface area contributed by atoms with Crippen LogP contribution in [0.3, 0.4) is 0 Å². The molecule has 0 spiro atoms. The van der Waals surface area contributed by atoms with Crippen LogP contribution in [0.1, 0.15) is 25.0 Å². The van der Waals surface area contributed by atoms with Crippen LogP contribution in [0.4, 0.5) is 0 Å². The maximum Gasteiger partial charge on any atom is 0.347 e. The number of ether oxygens (including phenoxy) is 2. The summed E-state index contributed by atoms with van der Waals surface area (Å²) in [6, 6.07) is 4.93. The van der Waals surface area contributed by atoms with Crippen molar-refractivity contribution in [2.24, 2.45) is 0 Å². The van der Waals surface area contributed by atoms with Crippen LogP contribution in [-0.2, 0) is 9.53 Å². The maximum atomic E-state index is 11.3. The van der Waals surface area contributed by atoms with Crippen LogP contribution in [0.2, 0.25) is 5.02 Å². The molecule has 0 saturated carbocycles. The van der Waals surface area contributed by atoms with Crippen molar-refractivity contribution >= 4 is 17.6 Å². The van der Waals surface area contributed by atoms with Crippen LogP contribution in [-0.4, -0.2) is 23.8 Å². The van der Waals surface area contributed by atoms with Gasteiger partial charge >= 0.3 is 5.97 Å². The molecule has 1 aliphatic heterocycles. The van der Waals surface area contributed by atoms with Gasteiger partial charge in [-0.05, 0) is 25.1 Å². The van der Waals surface area contributed by atoms with E-state index in [4.69, 9.17) is 21.1 Å². The first-order chi connectivity index (χ1) is 8.08. The van der Waals surface area contributed by atoms with Gasteiger partial charge in [-0.3, -0.25) is 0 Å². The van der Waals surface area contributed by atoms with Crippen LogP contribution in [0.15, 0.2) is 18.2 Å². The monoisotopic (exact) mass is 256 g/mol. The van der Waals surface area contributed by atoms with Crippen molar-refractivity contribution in [3.8, 4) is 5.75 Å². The number of cyclic esters (lactones) is 1. The van der Waals surface area contributed by atoms with E-state index >= 15 is 0 Å². The first-order valence-corrected chi connectivity index (χ1v) is 5.76. The van der Waals surface area contributed by atoms with Crippen molar-refractivity contribution in [2.75, 3.05) is 6.61 Å². The zero-order valence-electron chi connectivity index (χ0n) is 9.35. The molecule has 1 N–H and O–H groups in total. The molecular formula is C12H13ClO4. The summed E-state index contributed by atoms with van der Waals surface area (Å²) in [7, 11) is 0. The molecule has 5 heteroatoms. The minimum atomic E-state index is -0.707. The predicted octanol–water partition coefficient (Wildman–Crippen LogP) is 2.09. The van der Waals surface area contributed by atoms with Crippen LogP contribution < -0.4 is 4.74 Å². The lowest BCUT2D eigenvalue weighted by molar-refractivity contribution is -0.143. The van der Waals surface area contributed by atoms with E-state index in [2.05, 4.69) is 0 Å². The van der Waals surface area contributed by atoms with Crippen LogP contribution in [0.25, 0.3) is 0 Å². The number of esters is 1. The highest BCUT2D eigenvalue weighted by molar-refractivity contribution is 6.30. The highest BCUT2D eigenvalue weighted by Crippen LogP contribution is 2.30. The smallest absolute Gasteiger partial charge is 0.347 e. The molecule has 0 aliphatic carbocycles. The summed E-state index contributed by atoms with van der Waals surface area (Å²) < 4.78 is 10.4. The average molecular weight is 257 g/mol. The van der Waals surface area contributed by atoms with E-state index in [1.165, 1.54) is 0 Å². The van der Waals surface area contributed by atoms with Crippen LogP contribution >= 0.6 is 11.6 Å². The van der Waals surface area contributed by atoms with Gasteiger partial charge in [-0.1, -0.05) is 11.6 Å². The zero-order chi connectivity index (χ0) is 12.4. The lowest BCUT2D eigenvalue weighted by atomic mass is 10.1. The molecule has 0 radical (unpaired) electrons. The topological polar surface area (TPSA) is 55.8 Å². The number of carbonyl (C=O) groups is 1. The normalized spacial score (nSPS) is 21.1. The fraction of sp³-hybridized carbons (Fsp3) is 0.417. The summed E-state index contributed by atoms with van der Waals surface area (Å²) in [5.74, 6) is 0.102. The second kappa shape index (κ2) is 4.94. The lowest BCUT2D eigenvalue weighted by Crippen LogP contribution is -2.22. The van der Waals surface area contributed by atoms with Crippen LogP contribution in [0, 0.1) is 0 Å². The zero-order valence-corrected chi connectivity index (χ0v) is 10.1. The second-order valence-electron chi connectivity index (χ2n) is 3.92. The Morgan fingerprint density at radius 2 is 2.35 bits per heavy atom. The summed E-state index contributed by atoms with van der Waals surface area (Å²) in [4.78, 5) is 11.3. The number of rotatable bonds is 3. The van der Waals surface area contributed by atoms with Gasteiger partial charge in [0.25, 0.3) is 0 Å². The molecule has 2 rings (SSSR count). The van der Waals surface area contributed by atoms with Crippen molar-refractivity contribution in [1.82, 2.24) is 0 Å². The van der Waals surface area contributed by atoms with Crippen molar-refractivity contribution in [3.05, 3.63) is 28.8 Å². The van der Waals surface area contributed by atoms with Gasteiger partial charge in [0.15, 0.2) is 6.10 Å². The summed E-state index contributed by atoms with van der Waals surface area (Å²) in [6.07, 6.45) is -0.768. The van der Waals surface area contributed by atoms with Crippen molar-refractivity contribution in [3.63, 3.8) is 0 Å². The molecule has 0 amide bonds. The number of hydrogen-bond donors (Lipinski definition) is 1. The molecule has 92 valence electrons. The molecule has 1 heterocycles. The molecule has 0 aromatic heterocycles. The second-order valence-corrected chi connectivity index (χ2v) is 4.36. The van der Waals surface area contributed by atoms with Gasteiger partial charge in [-0.2, -0.15) is 0 Å². The van der Waals surface area contributed by atoms with Gasteiger partial charge in [0.05, 0.1) is 12.7 Å². The molecule has 17 heavy (non-hydrogen) atoms. The third-order valence-electron chi connectivity index (χ3n) is 2.58. The van der Waals surface area contributed by atoms with Gasteiger partial charge < -0.3 is 14.6 Å². The number of halogens is 1. The predicted molar refractivity (Wildman–Crippen MR) is 62.1 cm³/mol. The van der Waals surface area contributed by atoms with E-state index in [0.717, 1.165) is 0 Å². The Morgan fingerprint density at radius 1 is 1.59 bits per heavy atom. The van der Waals surface area contributed by atoms with Crippen molar-refractivity contribution in [1.29, 1.82) is 0 Å². The Balaban J connectivity index is 2.22. The van der Waals surface area contributed by atoms with Crippen molar-refractivity contribution < 1.29 is 19.4 Å². The summed E-state index contributed by atoms with van der Waals surface area (Å²) in [6.45, 7) is 1.99. The quantitative estimate of drug-likeness (QED) is 0.842. The number of aliphatic hydroxyl groups is 1. The minimum Gasteiger partial charge on any atom is -0.478 e. The molecule has 1 aliphatic rings. The van der Waals surface area contributed by atoms with E-state index in [-0.39, 0.29) is 5.97 Å². The van der Waals surface area contributed by atoms with E-state index in [1.807, 2.05) is 0 Å². The number of carbonyl (C=O) groups excluding carboxylic acids is 1. The standard InChI is InChI=1S/C12H13ClO4/c1-7(14)9-6-8(13)2-3-10(9)17-11-4-5-16-12(11)15/h2-3,6-7,11,14H,4-5H2,1H3. The Bertz CT molecular complexity index is 431. The molecule has 1 aromatic rings. The largest absolute Gasteiger partial charge is 0.478 e. The summed E-state index contributed by atoms with van der Waals surface area (Å²) in [5, 5.41) is 10.1. The van der Waals surface area contributed by atoms with Crippen LogP contribution in [0.5, 0.6) is 5.75 Å². The molecule has 2 atom stereocenters. The van der Waals surface area contributed by atoms with Gasteiger partial charge in [-0.15, -0.1) is 0 Å². The maximum absolute atomic E-state index is 11.3. The third kappa shape index (κ3) is 2.70. The fourth-order valence-electron chi connectivity index (χ4n) is 1.69. The molecule has 1 saturated heterocycles. The van der Waals surface area contributed by atoms with Gasteiger partial charge in [0, 0.05) is 17.0 Å². The van der Waals surface area contributed by atoms with Gasteiger partial charge in [-0.25, -0.2) is 4.79 Å².